The number of carbonyl (C=O) groups excluding carboxylic acids is 1. The number of halogens is 1. The number of likely N-dealkylation sites (tertiary alicyclic amines) is 1. The second kappa shape index (κ2) is 9.11. The number of hydrogen-bond acceptors (Lipinski definition) is 6. The van der Waals surface area contributed by atoms with Crippen molar-refractivity contribution in [3.8, 4) is 0 Å². The predicted molar refractivity (Wildman–Crippen MR) is 119 cm³/mol. The molecule has 8 nitrogen and oxygen atoms in total. The number of rotatable bonds is 6. The molecule has 1 fully saturated rings. The lowest BCUT2D eigenvalue weighted by atomic mass is 10.1. The maximum absolute atomic E-state index is 13.5. The van der Waals surface area contributed by atoms with Crippen LogP contribution in [0, 0.1) is 11.3 Å². The number of nitrogens with zero attached hydrogens (tertiary/aromatic N) is 2. The van der Waals surface area contributed by atoms with Crippen LogP contribution >= 0.6 is 0 Å². The van der Waals surface area contributed by atoms with Gasteiger partial charge in [-0.2, -0.15) is 5.11 Å². The van der Waals surface area contributed by atoms with Crippen LogP contribution in [0.3, 0.4) is 0 Å². The third-order valence-electron chi connectivity index (χ3n) is 5.48. The smallest absolute Gasteiger partial charge is 0.258 e. The first-order valence-corrected chi connectivity index (χ1v) is 10.1. The highest BCUT2D eigenvalue weighted by Crippen LogP contribution is 2.20. The SMILES string of the molecule is CO[C@@H]1CCN(C(=O)c2ccc(N/C=C(\N=N)c3cc4cc(F)ccc4[nH]c3=O)cc2)C1. The fraction of sp³-hybridized carbons (Fsp3) is 0.217. The Labute approximate surface area is 183 Å². The van der Waals surface area contributed by atoms with E-state index in [1.807, 2.05) is 0 Å². The highest BCUT2D eigenvalue weighted by molar-refractivity contribution is 5.94. The van der Waals surface area contributed by atoms with Crippen molar-refractivity contribution in [1.82, 2.24) is 9.88 Å². The normalized spacial score (nSPS) is 16.4. The van der Waals surface area contributed by atoms with E-state index >= 15 is 0 Å². The molecule has 0 spiro atoms. The maximum atomic E-state index is 13.5. The number of benzene rings is 2. The number of fused-ring (bicyclic) bond motifs is 1. The van der Waals surface area contributed by atoms with Crippen molar-refractivity contribution in [2.75, 3.05) is 25.5 Å². The molecule has 1 aliphatic heterocycles. The zero-order valence-electron chi connectivity index (χ0n) is 17.4. The largest absolute Gasteiger partial charge is 0.380 e. The van der Waals surface area contributed by atoms with Crippen molar-refractivity contribution in [3.63, 3.8) is 0 Å². The van der Waals surface area contributed by atoms with E-state index in [1.54, 1.807) is 36.3 Å². The number of amides is 1. The van der Waals surface area contributed by atoms with Gasteiger partial charge in [-0.25, -0.2) is 9.92 Å². The van der Waals surface area contributed by atoms with E-state index in [1.165, 1.54) is 30.5 Å². The molecule has 2 aromatic carbocycles. The van der Waals surface area contributed by atoms with Gasteiger partial charge in [-0.15, -0.1) is 0 Å². The fourth-order valence-corrected chi connectivity index (χ4v) is 3.69. The average Bonchev–Trinajstić information content (AvgIpc) is 3.29. The predicted octanol–water partition coefficient (Wildman–Crippen LogP) is 3.97. The van der Waals surface area contributed by atoms with Gasteiger partial charge in [0.15, 0.2) is 0 Å². The summed E-state index contributed by atoms with van der Waals surface area (Å²) in [6.07, 6.45) is 2.32. The second-order valence-electron chi connectivity index (χ2n) is 7.50. The number of carbonyl (C=O) groups is 1. The Hall–Kier alpha value is -3.85. The van der Waals surface area contributed by atoms with E-state index in [4.69, 9.17) is 10.3 Å². The Morgan fingerprint density at radius 2 is 2.06 bits per heavy atom. The monoisotopic (exact) mass is 435 g/mol. The van der Waals surface area contributed by atoms with Gasteiger partial charge in [-0.05, 0) is 55.0 Å². The zero-order chi connectivity index (χ0) is 22.7. The molecule has 1 aliphatic rings. The minimum atomic E-state index is -0.436. The molecule has 0 unspecified atom stereocenters. The van der Waals surface area contributed by atoms with Crippen LogP contribution in [0.2, 0.25) is 0 Å². The zero-order valence-corrected chi connectivity index (χ0v) is 17.4. The molecular weight excluding hydrogens is 413 g/mol. The number of pyridine rings is 1. The van der Waals surface area contributed by atoms with Gasteiger partial charge in [-0.3, -0.25) is 9.59 Å². The summed E-state index contributed by atoms with van der Waals surface area (Å²) < 4.78 is 18.8. The number of H-pyrrole nitrogens is 1. The summed E-state index contributed by atoms with van der Waals surface area (Å²) in [4.78, 5) is 29.5. The number of methoxy groups -OCH3 is 1. The fourth-order valence-electron chi connectivity index (χ4n) is 3.69. The minimum absolute atomic E-state index is 0.0524. The molecule has 0 saturated carbocycles. The molecule has 1 atom stereocenters. The third kappa shape index (κ3) is 4.42. The van der Waals surface area contributed by atoms with Crippen LogP contribution in [-0.4, -0.2) is 42.1 Å². The van der Waals surface area contributed by atoms with E-state index < -0.39 is 11.4 Å². The Balaban J connectivity index is 1.51. The first kappa shape index (κ1) is 21.4. The van der Waals surface area contributed by atoms with Gasteiger partial charge in [-0.1, -0.05) is 0 Å². The Morgan fingerprint density at radius 1 is 1.28 bits per heavy atom. The van der Waals surface area contributed by atoms with Gasteiger partial charge < -0.3 is 19.9 Å². The molecule has 164 valence electrons. The van der Waals surface area contributed by atoms with E-state index in [9.17, 15) is 14.0 Å². The van der Waals surface area contributed by atoms with Crippen LogP contribution in [0.15, 0.2) is 64.6 Å². The summed E-state index contributed by atoms with van der Waals surface area (Å²) >= 11 is 0. The third-order valence-corrected chi connectivity index (χ3v) is 5.48. The lowest BCUT2D eigenvalue weighted by Gasteiger charge is -2.16. The minimum Gasteiger partial charge on any atom is -0.380 e. The molecule has 0 aliphatic carbocycles. The van der Waals surface area contributed by atoms with Crippen molar-refractivity contribution in [2.24, 2.45) is 5.11 Å². The van der Waals surface area contributed by atoms with E-state index in [0.717, 1.165) is 6.42 Å². The quantitative estimate of drug-likeness (QED) is 0.509. The summed E-state index contributed by atoms with van der Waals surface area (Å²) in [5.41, 5.74) is 8.96. The summed E-state index contributed by atoms with van der Waals surface area (Å²) in [5.74, 6) is -0.480. The molecule has 9 heteroatoms. The lowest BCUT2D eigenvalue weighted by Crippen LogP contribution is -2.29. The van der Waals surface area contributed by atoms with Crippen molar-refractivity contribution < 1.29 is 13.9 Å². The number of ether oxygens (including phenoxy) is 1. The highest BCUT2D eigenvalue weighted by atomic mass is 19.1. The number of anilines is 1. The van der Waals surface area contributed by atoms with Gasteiger partial charge in [0.05, 0.1) is 11.7 Å². The second-order valence-corrected chi connectivity index (χ2v) is 7.50. The molecule has 0 bridgehead atoms. The Bertz CT molecular complexity index is 1250. The Kier molecular flexibility index (Phi) is 6.09. The van der Waals surface area contributed by atoms with Crippen LogP contribution < -0.4 is 10.9 Å². The number of nitrogens with one attached hydrogen (secondary N) is 3. The van der Waals surface area contributed by atoms with Gasteiger partial charge in [0.25, 0.3) is 11.5 Å². The first-order chi connectivity index (χ1) is 15.5. The summed E-state index contributed by atoms with van der Waals surface area (Å²) in [7, 11) is 1.65. The molecule has 3 aromatic rings. The molecule has 32 heavy (non-hydrogen) atoms. The lowest BCUT2D eigenvalue weighted by molar-refractivity contribution is 0.0724. The standard InChI is InChI=1S/C23H22FN5O3/c1-32-18-8-9-29(13-18)23(31)14-2-5-17(6-3-14)26-12-21(28-25)19-11-15-10-16(24)4-7-20(15)27-22(19)30/h2-7,10-12,18,25-26H,8-9,13H2,1H3,(H,27,30)/b21-12-,28-25?/t18-/m1/s1. The summed E-state index contributed by atoms with van der Waals surface area (Å²) in [5, 5.41) is 6.92. The first-order valence-electron chi connectivity index (χ1n) is 10.1. The highest BCUT2D eigenvalue weighted by Gasteiger charge is 2.26. The Morgan fingerprint density at radius 3 is 2.75 bits per heavy atom. The van der Waals surface area contributed by atoms with Crippen LogP contribution in [-0.2, 0) is 4.74 Å². The number of aromatic amines is 1. The van der Waals surface area contributed by atoms with Gasteiger partial charge in [0.1, 0.15) is 11.5 Å². The van der Waals surface area contributed by atoms with Crippen LogP contribution in [0.25, 0.3) is 16.6 Å². The average molecular weight is 435 g/mol. The van der Waals surface area contributed by atoms with Crippen molar-refractivity contribution >= 4 is 28.2 Å². The van der Waals surface area contributed by atoms with Crippen LogP contribution in [0.1, 0.15) is 22.3 Å². The van der Waals surface area contributed by atoms with E-state index in [-0.39, 0.29) is 23.3 Å². The molecule has 1 amide bonds. The van der Waals surface area contributed by atoms with Gasteiger partial charge >= 0.3 is 0 Å². The van der Waals surface area contributed by atoms with Crippen LogP contribution in [0.4, 0.5) is 10.1 Å². The molecule has 0 radical (unpaired) electrons. The van der Waals surface area contributed by atoms with E-state index in [0.29, 0.717) is 35.2 Å². The molecule has 2 heterocycles. The van der Waals surface area contributed by atoms with Crippen molar-refractivity contribution in [1.29, 1.82) is 5.53 Å². The maximum Gasteiger partial charge on any atom is 0.258 e. The topological polar surface area (TPSA) is 111 Å². The molecule has 3 N–H and O–H groups in total. The molecule has 1 saturated heterocycles. The van der Waals surface area contributed by atoms with Crippen molar-refractivity contribution in [2.45, 2.75) is 12.5 Å². The van der Waals surface area contributed by atoms with E-state index in [2.05, 4.69) is 15.4 Å². The molecule has 4 rings (SSSR count). The summed E-state index contributed by atoms with van der Waals surface area (Å²) in [6, 6.07) is 12.4. The number of aromatic nitrogens is 1. The molecule has 1 aromatic heterocycles. The number of hydrogen-bond donors (Lipinski definition) is 3. The summed E-state index contributed by atoms with van der Waals surface area (Å²) in [6.45, 7) is 1.25. The van der Waals surface area contributed by atoms with Gasteiger partial charge in [0.2, 0.25) is 0 Å². The molecular formula is C23H22FN5O3. The van der Waals surface area contributed by atoms with Crippen molar-refractivity contribution in [3.05, 3.63) is 82.0 Å². The van der Waals surface area contributed by atoms with Gasteiger partial charge in [0, 0.05) is 48.6 Å². The van der Waals surface area contributed by atoms with Crippen LogP contribution in [0.5, 0.6) is 0 Å².